The van der Waals surface area contributed by atoms with Crippen molar-refractivity contribution in [1.29, 1.82) is 0 Å². The molecule has 2 rings (SSSR count). The van der Waals surface area contributed by atoms with E-state index in [0.717, 1.165) is 5.56 Å². The normalized spacial score (nSPS) is 10.3. The lowest BCUT2D eigenvalue weighted by Crippen LogP contribution is -2.32. The number of benzene rings is 2. The van der Waals surface area contributed by atoms with Gasteiger partial charge in [0.25, 0.3) is 0 Å². The van der Waals surface area contributed by atoms with E-state index in [0.29, 0.717) is 22.0 Å². The standard InChI is InChI=1S/C20H21ClN2O3/c1-13-7-8-17(21)12-19(13)23(15(3)25)10-9-20(26)22-18-6-4-5-16(11-18)14(2)24/h4-8,11-12H,9-10H2,1-3H3,(H,22,26). The first-order chi connectivity index (χ1) is 12.3. The van der Waals surface area contributed by atoms with Crippen molar-refractivity contribution in [2.45, 2.75) is 27.2 Å². The minimum Gasteiger partial charge on any atom is -0.326 e. The molecule has 5 nitrogen and oxygen atoms in total. The van der Waals surface area contributed by atoms with Gasteiger partial charge < -0.3 is 10.2 Å². The summed E-state index contributed by atoms with van der Waals surface area (Å²) in [5.74, 6) is -0.473. The second kappa shape index (κ2) is 8.63. The average molecular weight is 373 g/mol. The summed E-state index contributed by atoms with van der Waals surface area (Å²) in [4.78, 5) is 37.2. The highest BCUT2D eigenvalue weighted by Crippen LogP contribution is 2.25. The highest BCUT2D eigenvalue weighted by atomic mass is 35.5. The number of hydrogen-bond donors (Lipinski definition) is 1. The number of carbonyl (C=O) groups is 3. The molecule has 0 fully saturated rings. The quantitative estimate of drug-likeness (QED) is 0.771. The summed E-state index contributed by atoms with van der Waals surface area (Å²) in [6, 6.07) is 12.1. The van der Waals surface area contributed by atoms with Crippen LogP contribution in [0.3, 0.4) is 0 Å². The van der Waals surface area contributed by atoms with E-state index >= 15 is 0 Å². The molecule has 0 unspecified atom stereocenters. The number of halogens is 1. The minimum atomic E-state index is -0.239. The van der Waals surface area contributed by atoms with Crippen molar-refractivity contribution < 1.29 is 14.4 Å². The molecule has 0 bridgehead atoms. The van der Waals surface area contributed by atoms with Gasteiger partial charge in [-0.15, -0.1) is 0 Å². The molecule has 0 spiro atoms. The first-order valence-electron chi connectivity index (χ1n) is 8.23. The fraction of sp³-hybridized carbons (Fsp3) is 0.250. The first-order valence-corrected chi connectivity index (χ1v) is 8.61. The Balaban J connectivity index is 2.06. The van der Waals surface area contributed by atoms with Crippen molar-refractivity contribution in [2.24, 2.45) is 0 Å². The van der Waals surface area contributed by atoms with Crippen molar-refractivity contribution in [2.75, 3.05) is 16.8 Å². The van der Waals surface area contributed by atoms with E-state index < -0.39 is 0 Å². The number of ketones is 1. The number of aryl methyl sites for hydroxylation is 1. The number of nitrogens with one attached hydrogen (secondary N) is 1. The maximum atomic E-state index is 12.2. The largest absolute Gasteiger partial charge is 0.326 e. The van der Waals surface area contributed by atoms with E-state index in [2.05, 4.69) is 5.32 Å². The van der Waals surface area contributed by atoms with E-state index in [9.17, 15) is 14.4 Å². The van der Waals surface area contributed by atoms with Crippen LogP contribution >= 0.6 is 11.6 Å². The highest BCUT2D eigenvalue weighted by Gasteiger charge is 2.16. The van der Waals surface area contributed by atoms with Gasteiger partial charge in [0.1, 0.15) is 0 Å². The Hall–Kier alpha value is -2.66. The summed E-state index contributed by atoms with van der Waals surface area (Å²) in [5.41, 5.74) is 2.68. The van der Waals surface area contributed by atoms with Gasteiger partial charge in [0.05, 0.1) is 0 Å². The van der Waals surface area contributed by atoms with Gasteiger partial charge in [-0.25, -0.2) is 0 Å². The lowest BCUT2D eigenvalue weighted by atomic mass is 10.1. The van der Waals surface area contributed by atoms with Gasteiger partial charge in [-0.1, -0.05) is 29.8 Å². The monoisotopic (exact) mass is 372 g/mol. The van der Waals surface area contributed by atoms with Gasteiger partial charge in [-0.3, -0.25) is 14.4 Å². The molecule has 6 heteroatoms. The van der Waals surface area contributed by atoms with Crippen molar-refractivity contribution in [3.05, 3.63) is 58.6 Å². The number of anilines is 2. The number of Topliss-reactive ketones (excluding diaryl/α,β-unsaturated/α-hetero) is 1. The Morgan fingerprint density at radius 2 is 1.81 bits per heavy atom. The molecule has 0 radical (unpaired) electrons. The Morgan fingerprint density at radius 3 is 2.46 bits per heavy atom. The molecule has 0 aliphatic rings. The minimum absolute atomic E-state index is 0.0692. The van der Waals surface area contributed by atoms with Crippen molar-refractivity contribution >= 4 is 40.6 Å². The fourth-order valence-corrected chi connectivity index (χ4v) is 2.74. The second-order valence-electron chi connectivity index (χ2n) is 6.04. The van der Waals surface area contributed by atoms with Crippen LogP contribution in [0.4, 0.5) is 11.4 Å². The van der Waals surface area contributed by atoms with Crippen molar-refractivity contribution in [1.82, 2.24) is 0 Å². The number of rotatable bonds is 6. The number of amides is 2. The molecule has 26 heavy (non-hydrogen) atoms. The summed E-state index contributed by atoms with van der Waals surface area (Å²) in [5, 5.41) is 3.28. The van der Waals surface area contributed by atoms with Crippen LogP contribution in [0.15, 0.2) is 42.5 Å². The van der Waals surface area contributed by atoms with Gasteiger partial charge >= 0.3 is 0 Å². The topological polar surface area (TPSA) is 66.5 Å². The van der Waals surface area contributed by atoms with E-state index in [1.807, 2.05) is 13.0 Å². The highest BCUT2D eigenvalue weighted by molar-refractivity contribution is 6.31. The summed E-state index contributed by atoms with van der Waals surface area (Å²) in [7, 11) is 0. The molecular weight excluding hydrogens is 352 g/mol. The lowest BCUT2D eigenvalue weighted by Gasteiger charge is -2.23. The molecule has 0 aliphatic heterocycles. The van der Waals surface area contributed by atoms with E-state index in [1.165, 1.54) is 18.7 Å². The predicted molar refractivity (Wildman–Crippen MR) is 104 cm³/mol. The van der Waals surface area contributed by atoms with Gasteiger partial charge in [0.15, 0.2) is 5.78 Å². The third-order valence-electron chi connectivity index (χ3n) is 3.96. The summed E-state index contributed by atoms with van der Waals surface area (Å²) >= 11 is 6.03. The van der Waals surface area contributed by atoms with Crippen LogP contribution in [0.5, 0.6) is 0 Å². The third-order valence-corrected chi connectivity index (χ3v) is 4.19. The van der Waals surface area contributed by atoms with E-state index in [1.54, 1.807) is 36.4 Å². The van der Waals surface area contributed by atoms with Crippen LogP contribution in [0.2, 0.25) is 5.02 Å². The molecule has 0 atom stereocenters. The van der Waals surface area contributed by atoms with Crippen LogP contribution in [0, 0.1) is 6.92 Å². The van der Waals surface area contributed by atoms with Gasteiger partial charge in [-0.2, -0.15) is 0 Å². The molecule has 136 valence electrons. The molecule has 0 aliphatic carbocycles. The summed E-state index contributed by atoms with van der Waals surface area (Å²) in [6.45, 7) is 5.04. The maximum Gasteiger partial charge on any atom is 0.226 e. The third kappa shape index (κ3) is 5.17. The van der Waals surface area contributed by atoms with Crippen LogP contribution in [0.1, 0.15) is 36.2 Å². The molecule has 2 aromatic carbocycles. The lowest BCUT2D eigenvalue weighted by molar-refractivity contribution is -0.117. The van der Waals surface area contributed by atoms with Gasteiger partial charge in [0.2, 0.25) is 11.8 Å². The van der Waals surface area contributed by atoms with Gasteiger partial charge in [-0.05, 0) is 43.7 Å². The molecule has 0 saturated heterocycles. The Bertz CT molecular complexity index is 849. The van der Waals surface area contributed by atoms with Crippen molar-refractivity contribution in [3.8, 4) is 0 Å². The zero-order valence-electron chi connectivity index (χ0n) is 15.0. The number of carbonyl (C=O) groups excluding carboxylic acids is 3. The van der Waals surface area contributed by atoms with Crippen LogP contribution in [-0.4, -0.2) is 24.1 Å². The zero-order valence-corrected chi connectivity index (χ0v) is 15.8. The maximum absolute atomic E-state index is 12.2. The zero-order chi connectivity index (χ0) is 19.3. The van der Waals surface area contributed by atoms with Crippen LogP contribution in [-0.2, 0) is 9.59 Å². The Labute approximate surface area is 158 Å². The second-order valence-corrected chi connectivity index (χ2v) is 6.47. The molecule has 0 saturated carbocycles. The predicted octanol–water partition coefficient (Wildman–Crippen LogP) is 4.23. The molecule has 2 aromatic rings. The van der Waals surface area contributed by atoms with Crippen molar-refractivity contribution in [3.63, 3.8) is 0 Å². The van der Waals surface area contributed by atoms with E-state index in [-0.39, 0.29) is 30.6 Å². The summed E-state index contributed by atoms with van der Waals surface area (Å²) < 4.78 is 0. The molecular formula is C20H21ClN2O3. The van der Waals surface area contributed by atoms with Gasteiger partial charge in [0, 0.05) is 41.9 Å². The molecule has 2 amide bonds. The molecule has 1 N–H and O–H groups in total. The van der Waals surface area contributed by atoms with Crippen LogP contribution < -0.4 is 10.2 Å². The van der Waals surface area contributed by atoms with E-state index in [4.69, 9.17) is 11.6 Å². The fourth-order valence-electron chi connectivity index (χ4n) is 2.57. The first kappa shape index (κ1) is 19.7. The smallest absolute Gasteiger partial charge is 0.226 e. The number of hydrogen-bond acceptors (Lipinski definition) is 3. The molecule has 0 heterocycles. The molecule has 0 aromatic heterocycles. The number of nitrogens with zero attached hydrogens (tertiary/aromatic N) is 1. The average Bonchev–Trinajstić information content (AvgIpc) is 2.58. The Morgan fingerprint density at radius 1 is 1.08 bits per heavy atom. The Kier molecular flexibility index (Phi) is 6.52. The van der Waals surface area contributed by atoms with Crippen LogP contribution in [0.25, 0.3) is 0 Å². The summed E-state index contributed by atoms with van der Waals surface area (Å²) in [6.07, 6.45) is 0.121. The SMILES string of the molecule is CC(=O)c1cccc(NC(=O)CCN(C(C)=O)c2cc(Cl)ccc2C)c1.